The summed E-state index contributed by atoms with van der Waals surface area (Å²) in [5.41, 5.74) is 10.0. The molecule has 0 atom stereocenters. The Hall–Kier alpha value is -4.14. The van der Waals surface area contributed by atoms with Crippen molar-refractivity contribution in [2.24, 2.45) is 0 Å². The van der Waals surface area contributed by atoms with Gasteiger partial charge in [-0.1, -0.05) is 30.3 Å². The molecule has 3 N–H and O–H groups in total. The molecule has 0 saturated carbocycles. The van der Waals surface area contributed by atoms with Crippen LogP contribution in [0.2, 0.25) is 0 Å². The number of carbonyl (C=O) groups is 1. The lowest BCUT2D eigenvalue weighted by molar-refractivity contribution is 0.131. The summed E-state index contributed by atoms with van der Waals surface area (Å²) in [6.07, 6.45) is 1.81. The number of aromatic nitrogens is 3. The van der Waals surface area contributed by atoms with Gasteiger partial charge in [-0.2, -0.15) is 5.10 Å². The molecule has 0 unspecified atom stereocenters. The number of ether oxygens (including phenoxy) is 1. The SMILES string of the molecule is Nc1ncnn2c(C3CCN(C(=O)O)CC3)cc(-c3cc(F)cc(OCc4ccccc4)c3)c12. The van der Waals surface area contributed by atoms with Crippen molar-refractivity contribution in [1.29, 1.82) is 0 Å². The van der Waals surface area contributed by atoms with Gasteiger partial charge in [-0.25, -0.2) is 18.7 Å². The zero-order valence-corrected chi connectivity index (χ0v) is 18.4. The van der Waals surface area contributed by atoms with Crippen LogP contribution < -0.4 is 10.5 Å². The molecule has 174 valence electrons. The molecule has 0 bridgehead atoms. The van der Waals surface area contributed by atoms with Gasteiger partial charge in [-0.15, -0.1) is 0 Å². The fraction of sp³-hybridized carbons (Fsp3) is 0.240. The number of benzene rings is 2. The fourth-order valence-electron chi connectivity index (χ4n) is 4.51. The molecule has 34 heavy (non-hydrogen) atoms. The van der Waals surface area contributed by atoms with Crippen molar-refractivity contribution in [3.63, 3.8) is 0 Å². The van der Waals surface area contributed by atoms with Crippen molar-refractivity contribution in [2.75, 3.05) is 18.8 Å². The van der Waals surface area contributed by atoms with Gasteiger partial charge in [0.2, 0.25) is 0 Å². The van der Waals surface area contributed by atoms with Gasteiger partial charge in [0, 0.05) is 36.3 Å². The first-order chi connectivity index (χ1) is 16.5. The number of anilines is 1. The highest BCUT2D eigenvalue weighted by Gasteiger charge is 2.27. The second-order valence-electron chi connectivity index (χ2n) is 8.38. The molecular formula is C25H24FN5O3. The number of halogens is 1. The molecular weight excluding hydrogens is 437 g/mol. The summed E-state index contributed by atoms with van der Waals surface area (Å²) in [5, 5.41) is 13.7. The van der Waals surface area contributed by atoms with Crippen LogP contribution in [-0.2, 0) is 6.61 Å². The van der Waals surface area contributed by atoms with E-state index in [0.717, 1.165) is 11.3 Å². The number of nitrogens with zero attached hydrogens (tertiary/aromatic N) is 4. The average molecular weight is 461 g/mol. The second kappa shape index (κ2) is 9.01. The van der Waals surface area contributed by atoms with Crippen LogP contribution in [0, 0.1) is 5.82 Å². The van der Waals surface area contributed by atoms with E-state index in [1.54, 1.807) is 10.6 Å². The first kappa shape index (κ1) is 21.7. The number of rotatable bonds is 5. The summed E-state index contributed by atoms with van der Waals surface area (Å²) >= 11 is 0. The molecule has 2 aromatic heterocycles. The summed E-state index contributed by atoms with van der Waals surface area (Å²) in [6, 6.07) is 16.2. The van der Waals surface area contributed by atoms with Crippen molar-refractivity contribution in [3.8, 4) is 16.9 Å². The number of likely N-dealkylation sites (tertiary alicyclic amines) is 1. The molecule has 3 heterocycles. The quantitative estimate of drug-likeness (QED) is 0.452. The molecule has 1 fully saturated rings. The van der Waals surface area contributed by atoms with E-state index in [2.05, 4.69) is 10.1 Å². The van der Waals surface area contributed by atoms with Crippen molar-refractivity contribution >= 4 is 17.4 Å². The first-order valence-corrected chi connectivity index (χ1v) is 11.1. The molecule has 0 spiro atoms. The van der Waals surface area contributed by atoms with Crippen molar-refractivity contribution in [3.05, 3.63) is 78.0 Å². The second-order valence-corrected chi connectivity index (χ2v) is 8.38. The van der Waals surface area contributed by atoms with E-state index in [9.17, 15) is 14.3 Å². The standard InChI is InChI=1S/C25H24FN5O3/c26-19-10-18(11-20(12-19)34-14-16-4-2-1-3-5-16)21-13-22(31-23(21)24(27)28-15-29-31)17-6-8-30(9-7-17)25(32)33/h1-5,10-13,15,17H,6-9,14H2,(H,32,33)(H2,27,28,29). The Balaban J connectivity index is 1.50. The fourth-order valence-corrected chi connectivity index (χ4v) is 4.51. The van der Waals surface area contributed by atoms with Gasteiger partial charge in [0.25, 0.3) is 0 Å². The molecule has 1 amide bonds. The molecule has 4 aromatic rings. The molecule has 1 aliphatic heterocycles. The van der Waals surface area contributed by atoms with Crippen LogP contribution in [0.1, 0.15) is 30.0 Å². The van der Waals surface area contributed by atoms with Crippen molar-refractivity contribution < 1.29 is 19.0 Å². The molecule has 8 nitrogen and oxygen atoms in total. The highest BCUT2D eigenvalue weighted by atomic mass is 19.1. The maximum atomic E-state index is 14.6. The van der Waals surface area contributed by atoms with E-state index < -0.39 is 11.9 Å². The van der Waals surface area contributed by atoms with Gasteiger partial charge in [0.15, 0.2) is 5.82 Å². The van der Waals surface area contributed by atoms with Crippen LogP contribution in [0.25, 0.3) is 16.6 Å². The molecule has 1 saturated heterocycles. The number of amides is 1. The van der Waals surface area contributed by atoms with Gasteiger partial charge in [0.1, 0.15) is 30.0 Å². The number of piperidine rings is 1. The summed E-state index contributed by atoms with van der Waals surface area (Å²) in [4.78, 5) is 16.8. The highest BCUT2D eigenvalue weighted by molar-refractivity contribution is 5.88. The van der Waals surface area contributed by atoms with Crippen molar-refractivity contribution in [2.45, 2.75) is 25.4 Å². The Kier molecular flexibility index (Phi) is 5.75. The molecule has 1 aliphatic rings. The lowest BCUT2D eigenvalue weighted by Gasteiger charge is -2.29. The van der Waals surface area contributed by atoms with Crippen LogP contribution >= 0.6 is 0 Å². The number of hydrogen-bond donors (Lipinski definition) is 2. The van der Waals surface area contributed by atoms with E-state index >= 15 is 0 Å². The topological polar surface area (TPSA) is 106 Å². The van der Waals surface area contributed by atoms with Gasteiger partial charge in [-0.3, -0.25) is 0 Å². The lowest BCUT2D eigenvalue weighted by Crippen LogP contribution is -2.37. The Morgan fingerprint density at radius 2 is 1.91 bits per heavy atom. The monoisotopic (exact) mass is 461 g/mol. The maximum absolute atomic E-state index is 14.6. The number of nitrogens with two attached hydrogens (primary N) is 1. The number of carboxylic acid groups (broad SMARTS) is 1. The predicted molar refractivity (Wildman–Crippen MR) is 125 cm³/mol. The predicted octanol–water partition coefficient (Wildman–Crippen LogP) is 4.55. The molecule has 9 heteroatoms. The zero-order valence-electron chi connectivity index (χ0n) is 18.4. The van der Waals surface area contributed by atoms with Gasteiger partial charge >= 0.3 is 6.09 Å². The third-order valence-corrected chi connectivity index (χ3v) is 6.22. The van der Waals surface area contributed by atoms with E-state index in [4.69, 9.17) is 10.5 Å². The third-order valence-electron chi connectivity index (χ3n) is 6.22. The Bertz CT molecular complexity index is 1330. The smallest absolute Gasteiger partial charge is 0.407 e. The first-order valence-electron chi connectivity index (χ1n) is 11.1. The van der Waals surface area contributed by atoms with E-state index in [1.807, 2.05) is 36.4 Å². The summed E-state index contributed by atoms with van der Waals surface area (Å²) < 4.78 is 22.2. The van der Waals surface area contributed by atoms with Crippen molar-refractivity contribution in [1.82, 2.24) is 19.5 Å². The van der Waals surface area contributed by atoms with Crippen LogP contribution in [0.15, 0.2) is 60.9 Å². The molecule has 5 rings (SSSR count). The van der Waals surface area contributed by atoms with Crippen LogP contribution in [-0.4, -0.2) is 43.8 Å². The molecule has 0 aliphatic carbocycles. The van der Waals surface area contributed by atoms with Gasteiger partial charge in [0.05, 0.1) is 0 Å². The van der Waals surface area contributed by atoms with Gasteiger partial charge < -0.3 is 20.5 Å². The Labute approximate surface area is 195 Å². The van der Waals surface area contributed by atoms with Gasteiger partial charge in [-0.05, 0) is 42.2 Å². The van der Waals surface area contributed by atoms with Crippen LogP contribution in [0.5, 0.6) is 5.75 Å². The molecule has 0 radical (unpaired) electrons. The summed E-state index contributed by atoms with van der Waals surface area (Å²) in [5.74, 6) is 0.361. The third kappa shape index (κ3) is 4.24. The molecule has 2 aromatic carbocycles. The minimum atomic E-state index is -0.909. The minimum absolute atomic E-state index is 0.0912. The van der Waals surface area contributed by atoms with E-state index in [-0.39, 0.29) is 11.7 Å². The Morgan fingerprint density at radius 3 is 2.65 bits per heavy atom. The Morgan fingerprint density at radius 1 is 1.15 bits per heavy atom. The highest BCUT2D eigenvalue weighted by Crippen LogP contribution is 2.38. The van der Waals surface area contributed by atoms with E-state index in [1.165, 1.54) is 23.4 Å². The summed E-state index contributed by atoms with van der Waals surface area (Å²) in [7, 11) is 0. The average Bonchev–Trinajstić information content (AvgIpc) is 3.24. The number of nitrogen functional groups attached to an aromatic ring is 1. The van der Waals surface area contributed by atoms with Crippen LogP contribution in [0.4, 0.5) is 15.0 Å². The number of fused-ring (bicyclic) bond motifs is 1. The normalized spacial score (nSPS) is 14.4. The zero-order chi connectivity index (χ0) is 23.7. The number of hydrogen-bond acceptors (Lipinski definition) is 5. The van der Waals surface area contributed by atoms with E-state index in [0.29, 0.717) is 54.9 Å². The maximum Gasteiger partial charge on any atom is 0.407 e. The summed E-state index contributed by atoms with van der Waals surface area (Å²) in [6.45, 7) is 1.21. The minimum Gasteiger partial charge on any atom is -0.489 e. The lowest BCUT2D eigenvalue weighted by atomic mass is 9.93. The van der Waals surface area contributed by atoms with Crippen LogP contribution in [0.3, 0.4) is 0 Å². The largest absolute Gasteiger partial charge is 0.489 e.